The summed E-state index contributed by atoms with van der Waals surface area (Å²) >= 11 is 7.44. The van der Waals surface area contributed by atoms with Crippen LogP contribution in [0.5, 0.6) is 0 Å². The van der Waals surface area contributed by atoms with E-state index in [1.165, 1.54) is 11.8 Å². The molecule has 0 unspecified atom stereocenters. The summed E-state index contributed by atoms with van der Waals surface area (Å²) in [6.07, 6.45) is 2.21. The summed E-state index contributed by atoms with van der Waals surface area (Å²) in [4.78, 5) is 14.4. The average molecular weight is 365 g/mol. The molecule has 1 saturated heterocycles. The van der Waals surface area contributed by atoms with E-state index in [9.17, 15) is 4.79 Å². The Labute approximate surface area is 151 Å². The quantitative estimate of drug-likeness (QED) is 0.759. The third-order valence-electron chi connectivity index (χ3n) is 4.18. The van der Waals surface area contributed by atoms with E-state index in [4.69, 9.17) is 11.6 Å². The number of hydrogen-bond acceptors (Lipinski definition) is 4. The van der Waals surface area contributed by atoms with Crippen LogP contribution in [0.2, 0.25) is 5.02 Å². The molecule has 128 valence electrons. The number of hydrogen-bond donors (Lipinski definition) is 0. The van der Waals surface area contributed by atoms with Crippen LogP contribution in [0.1, 0.15) is 26.7 Å². The van der Waals surface area contributed by atoms with Gasteiger partial charge in [0, 0.05) is 30.2 Å². The first-order valence-corrected chi connectivity index (χ1v) is 9.50. The number of thioether (sulfide) groups is 1. The highest BCUT2D eigenvalue weighted by Crippen LogP contribution is 2.28. The van der Waals surface area contributed by atoms with Gasteiger partial charge < -0.3 is 9.47 Å². The summed E-state index contributed by atoms with van der Waals surface area (Å²) in [7, 11) is 0. The second-order valence-electron chi connectivity index (χ2n) is 5.85. The van der Waals surface area contributed by atoms with Gasteiger partial charge in [-0.05, 0) is 51.0 Å². The average Bonchev–Trinajstić information content (AvgIpc) is 3.24. The van der Waals surface area contributed by atoms with Crippen molar-refractivity contribution < 1.29 is 4.79 Å². The first kappa shape index (κ1) is 17.3. The maximum absolute atomic E-state index is 12.5. The molecule has 1 aliphatic rings. The molecule has 1 atom stereocenters. The first-order valence-electron chi connectivity index (χ1n) is 8.24. The van der Waals surface area contributed by atoms with E-state index in [1.54, 1.807) is 0 Å². The number of halogens is 1. The van der Waals surface area contributed by atoms with Crippen LogP contribution in [0.15, 0.2) is 29.4 Å². The number of carbonyl (C=O) groups is 1. The van der Waals surface area contributed by atoms with Gasteiger partial charge in [0.1, 0.15) is 0 Å². The Morgan fingerprint density at radius 3 is 2.54 bits per heavy atom. The molecule has 0 aliphatic carbocycles. The minimum Gasteiger partial charge on any atom is -0.342 e. The molecule has 24 heavy (non-hydrogen) atoms. The van der Waals surface area contributed by atoms with Gasteiger partial charge in [0.15, 0.2) is 11.0 Å². The zero-order valence-electron chi connectivity index (χ0n) is 13.9. The molecule has 1 aromatic carbocycles. The van der Waals surface area contributed by atoms with Crippen molar-refractivity contribution in [1.29, 1.82) is 0 Å². The van der Waals surface area contributed by atoms with Crippen LogP contribution < -0.4 is 0 Å². The summed E-state index contributed by atoms with van der Waals surface area (Å²) in [5.74, 6) is 0.994. The minimum atomic E-state index is -0.157. The molecule has 1 aliphatic heterocycles. The third-order valence-corrected chi connectivity index (χ3v) is 5.50. The number of aromatic nitrogens is 3. The maximum atomic E-state index is 12.5. The highest BCUT2D eigenvalue weighted by molar-refractivity contribution is 8.00. The van der Waals surface area contributed by atoms with Gasteiger partial charge >= 0.3 is 0 Å². The van der Waals surface area contributed by atoms with E-state index < -0.39 is 0 Å². The second-order valence-corrected chi connectivity index (χ2v) is 7.59. The largest absolute Gasteiger partial charge is 0.342 e. The molecule has 0 radical (unpaired) electrons. The standard InChI is InChI=1S/C17H21ClN4OS/c1-3-22-15(13-6-8-14(18)9-7-13)19-20-17(22)24-12(2)16(23)21-10-4-5-11-21/h6-9,12H,3-5,10-11H2,1-2H3/t12-/m1/s1. The number of carbonyl (C=O) groups excluding carboxylic acids is 1. The zero-order valence-corrected chi connectivity index (χ0v) is 15.5. The molecule has 7 heteroatoms. The molecule has 3 rings (SSSR count). The van der Waals surface area contributed by atoms with Gasteiger partial charge in [-0.1, -0.05) is 23.4 Å². The van der Waals surface area contributed by atoms with E-state index in [-0.39, 0.29) is 11.2 Å². The summed E-state index contributed by atoms with van der Waals surface area (Å²) in [5.41, 5.74) is 0.971. The lowest BCUT2D eigenvalue weighted by Gasteiger charge is -2.19. The number of rotatable bonds is 5. The fourth-order valence-corrected chi connectivity index (χ4v) is 4.00. The molecular formula is C17H21ClN4OS. The Balaban J connectivity index is 1.78. The van der Waals surface area contributed by atoms with Gasteiger partial charge in [-0.3, -0.25) is 4.79 Å². The van der Waals surface area contributed by atoms with Gasteiger partial charge in [0.2, 0.25) is 5.91 Å². The summed E-state index contributed by atoms with van der Waals surface area (Å²) in [6, 6.07) is 7.56. The highest BCUT2D eigenvalue weighted by atomic mass is 35.5. The van der Waals surface area contributed by atoms with Gasteiger partial charge in [-0.2, -0.15) is 0 Å². The molecule has 1 fully saturated rings. The number of amides is 1. The van der Waals surface area contributed by atoms with Crippen molar-refractivity contribution in [2.75, 3.05) is 13.1 Å². The third kappa shape index (κ3) is 3.59. The Kier molecular flexibility index (Phi) is 5.46. The van der Waals surface area contributed by atoms with Crippen LogP contribution in [0.4, 0.5) is 0 Å². The molecule has 0 bridgehead atoms. The Morgan fingerprint density at radius 2 is 1.92 bits per heavy atom. The number of nitrogens with zero attached hydrogens (tertiary/aromatic N) is 4. The molecule has 2 aromatic rings. The maximum Gasteiger partial charge on any atom is 0.235 e. The van der Waals surface area contributed by atoms with E-state index in [2.05, 4.69) is 17.1 Å². The highest BCUT2D eigenvalue weighted by Gasteiger charge is 2.26. The van der Waals surface area contributed by atoms with E-state index in [1.807, 2.05) is 40.7 Å². The van der Waals surface area contributed by atoms with Crippen LogP contribution in [-0.2, 0) is 11.3 Å². The van der Waals surface area contributed by atoms with Crippen molar-refractivity contribution in [2.45, 2.75) is 43.6 Å². The van der Waals surface area contributed by atoms with E-state index in [0.717, 1.165) is 49.0 Å². The fraction of sp³-hybridized carbons (Fsp3) is 0.471. The van der Waals surface area contributed by atoms with Crippen molar-refractivity contribution in [3.8, 4) is 11.4 Å². The Bertz CT molecular complexity index is 710. The van der Waals surface area contributed by atoms with Crippen molar-refractivity contribution in [3.05, 3.63) is 29.3 Å². The lowest BCUT2D eigenvalue weighted by atomic mass is 10.2. The molecule has 0 saturated carbocycles. The second kappa shape index (κ2) is 7.57. The molecule has 5 nitrogen and oxygen atoms in total. The van der Waals surface area contributed by atoms with Crippen LogP contribution >= 0.6 is 23.4 Å². The molecule has 1 amide bonds. The molecule has 2 heterocycles. The van der Waals surface area contributed by atoms with Crippen molar-refractivity contribution in [3.63, 3.8) is 0 Å². The SMILES string of the molecule is CCn1c(S[C@H](C)C(=O)N2CCCC2)nnc1-c1ccc(Cl)cc1. The topological polar surface area (TPSA) is 51.0 Å². The van der Waals surface area contributed by atoms with Gasteiger partial charge in [-0.15, -0.1) is 10.2 Å². The Morgan fingerprint density at radius 1 is 1.25 bits per heavy atom. The van der Waals surface area contributed by atoms with Gasteiger partial charge in [-0.25, -0.2) is 0 Å². The number of benzene rings is 1. The van der Waals surface area contributed by atoms with E-state index in [0.29, 0.717) is 5.02 Å². The summed E-state index contributed by atoms with van der Waals surface area (Å²) < 4.78 is 2.04. The van der Waals surface area contributed by atoms with Crippen LogP contribution in [-0.4, -0.2) is 43.9 Å². The van der Waals surface area contributed by atoms with Crippen LogP contribution in [0, 0.1) is 0 Å². The van der Waals surface area contributed by atoms with Crippen LogP contribution in [0.25, 0.3) is 11.4 Å². The monoisotopic (exact) mass is 364 g/mol. The predicted octanol–water partition coefficient (Wildman–Crippen LogP) is 3.72. The first-order chi connectivity index (χ1) is 11.6. The molecular weight excluding hydrogens is 344 g/mol. The normalized spacial score (nSPS) is 15.7. The Hall–Kier alpha value is -1.53. The molecule has 0 spiro atoms. The zero-order chi connectivity index (χ0) is 17.1. The summed E-state index contributed by atoms with van der Waals surface area (Å²) in [6.45, 7) is 6.50. The molecule has 0 N–H and O–H groups in total. The van der Waals surface area contributed by atoms with Gasteiger partial charge in [0.25, 0.3) is 0 Å². The van der Waals surface area contributed by atoms with Crippen LogP contribution in [0.3, 0.4) is 0 Å². The van der Waals surface area contributed by atoms with Gasteiger partial charge in [0.05, 0.1) is 5.25 Å². The lowest BCUT2D eigenvalue weighted by molar-refractivity contribution is -0.129. The van der Waals surface area contributed by atoms with E-state index >= 15 is 0 Å². The summed E-state index contributed by atoms with van der Waals surface area (Å²) in [5, 5.41) is 9.95. The van der Waals surface area contributed by atoms with Crippen molar-refractivity contribution >= 4 is 29.3 Å². The van der Waals surface area contributed by atoms with Crippen molar-refractivity contribution in [2.24, 2.45) is 0 Å². The number of likely N-dealkylation sites (tertiary alicyclic amines) is 1. The lowest BCUT2D eigenvalue weighted by Crippen LogP contribution is -2.34. The fourth-order valence-electron chi connectivity index (χ4n) is 2.88. The minimum absolute atomic E-state index is 0.157. The smallest absolute Gasteiger partial charge is 0.235 e. The predicted molar refractivity (Wildman–Crippen MR) is 97.3 cm³/mol. The molecule has 1 aromatic heterocycles. The van der Waals surface area contributed by atoms with Crippen molar-refractivity contribution in [1.82, 2.24) is 19.7 Å².